The number of hydrogen-bond donors (Lipinski definition) is 2. The molecule has 0 aromatic heterocycles. The lowest BCUT2D eigenvalue weighted by molar-refractivity contribution is -0.144. The quantitative estimate of drug-likeness (QED) is 0.521. The third-order valence-electron chi connectivity index (χ3n) is 5.09. The summed E-state index contributed by atoms with van der Waals surface area (Å²) in [5, 5.41) is 8.74. The average Bonchev–Trinajstić information content (AvgIpc) is 3.00. The minimum atomic E-state index is -0.980. The van der Waals surface area contributed by atoms with Gasteiger partial charge < -0.3 is 15.6 Å². The van der Waals surface area contributed by atoms with Crippen LogP contribution in [0.5, 0.6) is 0 Å². The lowest BCUT2D eigenvalue weighted by Gasteiger charge is -2.14. The number of aliphatic carboxylic acids is 1. The van der Waals surface area contributed by atoms with Gasteiger partial charge in [0.25, 0.3) is 0 Å². The third kappa shape index (κ3) is 4.55. The second kappa shape index (κ2) is 8.82. The summed E-state index contributed by atoms with van der Waals surface area (Å²) < 4.78 is 5.55. The van der Waals surface area contributed by atoms with Gasteiger partial charge in [-0.15, -0.1) is 0 Å². The number of fused-ring (bicyclic) bond motifs is 3. The molecule has 1 aliphatic rings. The van der Waals surface area contributed by atoms with Crippen molar-refractivity contribution in [1.29, 1.82) is 0 Å². The second-order valence-corrected chi connectivity index (χ2v) is 6.95. The fourth-order valence-corrected chi connectivity index (χ4v) is 3.62. The molecule has 0 aliphatic heterocycles. The highest BCUT2D eigenvalue weighted by atomic mass is 16.5. The number of ether oxygens (including phenoxy) is 1. The maximum absolute atomic E-state index is 12.1. The summed E-state index contributed by atoms with van der Waals surface area (Å²) in [6, 6.07) is 15.7. The first-order chi connectivity index (χ1) is 13.1. The predicted octanol–water partition coefficient (Wildman–Crippen LogP) is 3.70. The van der Waals surface area contributed by atoms with Crippen LogP contribution < -0.4 is 5.73 Å². The zero-order valence-electron chi connectivity index (χ0n) is 15.3. The van der Waals surface area contributed by atoms with E-state index in [1.54, 1.807) is 0 Å². The van der Waals surface area contributed by atoms with Crippen LogP contribution in [0.15, 0.2) is 48.5 Å². The molecule has 0 saturated heterocycles. The summed E-state index contributed by atoms with van der Waals surface area (Å²) in [6.45, 7) is 0.344. The van der Waals surface area contributed by atoms with Crippen molar-refractivity contribution in [3.63, 3.8) is 0 Å². The van der Waals surface area contributed by atoms with Crippen molar-refractivity contribution in [3.8, 4) is 11.1 Å². The number of benzene rings is 2. The molecule has 0 unspecified atom stereocenters. The number of hydrogen-bond acceptors (Lipinski definition) is 4. The molecule has 0 radical (unpaired) electrons. The minimum absolute atomic E-state index is 0.0786. The first kappa shape index (κ1) is 19.1. The molecule has 0 saturated carbocycles. The summed E-state index contributed by atoms with van der Waals surface area (Å²) in [6.07, 6.45) is 2.93. The summed E-state index contributed by atoms with van der Waals surface area (Å²) in [5.41, 5.74) is 10.3. The largest absolute Gasteiger partial charge is 0.480 e. The van der Waals surface area contributed by atoms with Crippen LogP contribution in [-0.4, -0.2) is 29.7 Å². The SMILES string of the molecule is N[C@@H](CCCCCC(=O)OCC1c2ccccc2-c2ccccc21)C(=O)O. The number of unbranched alkanes of at least 4 members (excludes halogenated alkanes) is 2. The monoisotopic (exact) mass is 367 g/mol. The Labute approximate surface area is 159 Å². The Morgan fingerprint density at radius 2 is 1.56 bits per heavy atom. The normalized spacial score (nSPS) is 13.7. The van der Waals surface area contributed by atoms with E-state index in [0.717, 1.165) is 6.42 Å². The molecule has 2 aromatic carbocycles. The van der Waals surface area contributed by atoms with Crippen molar-refractivity contribution in [3.05, 3.63) is 59.7 Å². The van der Waals surface area contributed by atoms with Gasteiger partial charge in [0.15, 0.2) is 0 Å². The van der Waals surface area contributed by atoms with Gasteiger partial charge in [-0.2, -0.15) is 0 Å². The van der Waals surface area contributed by atoms with E-state index < -0.39 is 12.0 Å². The van der Waals surface area contributed by atoms with Crippen LogP contribution in [0.25, 0.3) is 11.1 Å². The first-order valence-corrected chi connectivity index (χ1v) is 9.40. The van der Waals surface area contributed by atoms with Crippen molar-refractivity contribution < 1.29 is 19.4 Å². The van der Waals surface area contributed by atoms with E-state index in [-0.39, 0.29) is 11.9 Å². The van der Waals surface area contributed by atoms with Crippen LogP contribution in [0, 0.1) is 0 Å². The summed E-state index contributed by atoms with van der Waals surface area (Å²) in [5.74, 6) is -1.11. The van der Waals surface area contributed by atoms with Crippen LogP contribution >= 0.6 is 0 Å². The van der Waals surface area contributed by atoms with E-state index in [2.05, 4.69) is 24.3 Å². The average molecular weight is 367 g/mol. The lowest BCUT2D eigenvalue weighted by Crippen LogP contribution is -2.29. The van der Waals surface area contributed by atoms with Gasteiger partial charge in [-0.05, 0) is 35.1 Å². The zero-order valence-corrected chi connectivity index (χ0v) is 15.3. The van der Waals surface area contributed by atoms with Gasteiger partial charge in [-0.3, -0.25) is 9.59 Å². The van der Waals surface area contributed by atoms with Crippen molar-refractivity contribution in [1.82, 2.24) is 0 Å². The van der Waals surface area contributed by atoms with Crippen LogP contribution in [-0.2, 0) is 14.3 Å². The lowest BCUT2D eigenvalue weighted by atomic mass is 9.98. The van der Waals surface area contributed by atoms with Gasteiger partial charge in [0.05, 0.1) is 0 Å². The van der Waals surface area contributed by atoms with E-state index in [1.165, 1.54) is 22.3 Å². The highest BCUT2D eigenvalue weighted by Gasteiger charge is 2.28. The molecule has 1 atom stereocenters. The molecule has 5 heteroatoms. The summed E-state index contributed by atoms with van der Waals surface area (Å²) >= 11 is 0. The van der Waals surface area contributed by atoms with Gasteiger partial charge in [-0.25, -0.2) is 0 Å². The van der Waals surface area contributed by atoms with E-state index in [1.807, 2.05) is 24.3 Å². The summed E-state index contributed by atoms with van der Waals surface area (Å²) in [4.78, 5) is 22.7. The number of carbonyl (C=O) groups is 2. The molecular weight excluding hydrogens is 342 g/mol. The molecule has 0 bridgehead atoms. The van der Waals surface area contributed by atoms with Crippen molar-refractivity contribution in [2.24, 2.45) is 5.73 Å². The van der Waals surface area contributed by atoms with Gasteiger partial charge >= 0.3 is 11.9 Å². The zero-order chi connectivity index (χ0) is 19.2. The van der Waals surface area contributed by atoms with E-state index in [4.69, 9.17) is 15.6 Å². The van der Waals surface area contributed by atoms with Gasteiger partial charge in [0, 0.05) is 12.3 Å². The highest BCUT2D eigenvalue weighted by Crippen LogP contribution is 2.44. The standard InChI is InChI=1S/C22H25NO4/c23-20(22(25)26)12-2-1-3-13-21(24)27-14-19-17-10-6-4-8-15(17)16-9-5-7-11-18(16)19/h4-11,19-20H,1-3,12-14,23H2,(H,25,26)/t20-/m0/s1. The molecule has 0 heterocycles. The number of carboxylic acid groups (broad SMARTS) is 1. The Morgan fingerprint density at radius 1 is 0.963 bits per heavy atom. The maximum Gasteiger partial charge on any atom is 0.320 e. The predicted molar refractivity (Wildman–Crippen MR) is 103 cm³/mol. The van der Waals surface area contributed by atoms with E-state index >= 15 is 0 Å². The van der Waals surface area contributed by atoms with Crippen LogP contribution in [0.2, 0.25) is 0 Å². The molecule has 0 amide bonds. The topological polar surface area (TPSA) is 89.6 Å². The maximum atomic E-state index is 12.1. The molecule has 3 N–H and O–H groups in total. The molecule has 2 aromatic rings. The number of nitrogens with two attached hydrogens (primary N) is 1. The smallest absolute Gasteiger partial charge is 0.320 e. The molecule has 27 heavy (non-hydrogen) atoms. The van der Waals surface area contributed by atoms with Crippen molar-refractivity contribution in [2.75, 3.05) is 6.61 Å². The minimum Gasteiger partial charge on any atom is -0.480 e. The second-order valence-electron chi connectivity index (χ2n) is 6.95. The molecule has 0 spiro atoms. The van der Waals surface area contributed by atoms with E-state index in [9.17, 15) is 9.59 Å². The van der Waals surface area contributed by atoms with Crippen LogP contribution in [0.3, 0.4) is 0 Å². The number of carboxylic acids is 1. The molecule has 1 aliphatic carbocycles. The Kier molecular flexibility index (Phi) is 6.24. The Bertz CT molecular complexity index is 772. The highest BCUT2D eigenvalue weighted by molar-refractivity contribution is 5.79. The fraction of sp³-hybridized carbons (Fsp3) is 0.364. The Balaban J connectivity index is 1.48. The molecule has 142 valence electrons. The van der Waals surface area contributed by atoms with Gasteiger partial charge in [0.2, 0.25) is 0 Å². The molecule has 0 fully saturated rings. The van der Waals surface area contributed by atoms with Crippen molar-refractivity contribution in [2.45, 2.75) is 44.1 Å². The van der Waals surface area contributed by atoms with E-state index in [0.29, 0.717) is 32.3 Å². The van der Waals surface area contributed by atoms with Crippen LogP contribution in [0.4, 0.5) is 0 Å². The summed E-state index contributed by atoms with van der Waals surface area (Å²) in [7, 11) is 0. The molecular formula is C22H25NO4. The Morgan fingerprint density at radius 3 is 2.15 bits per heavy atom. The van der Waals surface area contributed by atoms with Gasteiger partial charge in [-0.1, -0.05) is 61.4 Å². The third-order valence-corrected chi connectivity index (χ3v) is 5.09. The van der Waals surface area contributed by atoms with Gasteiger partial charge in [0.1, 0.15) is 12.6 Å². The Hall–Kier alpha value is -2.66. The number of esters is 1. The number of rotatable bonds is 9. The molecule has 5 nitrogen and oxygen atoms in total. The first-order valence-electron chi connectivity index (χ1n) is 9.40. The number of carbonyl (C=O) groups excluding carboxylic acids is 1. The molecule has 3 rings (SSSR count). The van der Waals surface area contributed by atoms with Crippen LogP contribution in [0.1, 0.15) is 49.1 Å². The van der Waals surface area contributed by atoms with Crippen molar-refractivity contribution >= 4 is 11.9 Å². The fourth-order valence-electron chi connectivity index (χ4n) is 3.62.